The summed E-state index contributed by atoms with van der Waals surface area (Å²) in [5.74, 6) is -1.52. The molecule has 1 aromatic heterocycles. The third kappa shape index (κ3) is 4.23. The van der Waals surface area contributed by atoms with Crippen LogP contribution in [0.5, 0.6) is 0 Å². The van der Waals surface area contributed by atoms with E-state index in [9.17, 15) is 19.5 Å². The first-order chi connectivity index (χ1) is 15.4. The van der Waals surface area contributed by atoms with Crippen LogP contribution in [0.2, 0.25) is 0 Å². The number of carboxylic acid groups (broad SMARTS) is 1. The minimum Gasteiger partial charge on any atom is -0.477 e. The molecule has 3 atom stereocenters. The van der Waals surface area contributed by atoms with Gasteiger partial charge in [-0.15, -0.1) is 22.0 Å². The Morgan fingerprint density at radius 1 is 1.41 bits per heavy atom. The number of hydrogen-bond donors (Lipinski definition) is 4. The fourth-order valence-corrected chi connectivity index (χ4v) is 6.12. The largest absolute Gasteiger partial charge is 0.477 e. The van der Waals surface area contributed by atoms with Crippen molar-refractivity contribution in [1.29, 1.82) is 0 Å². The van der Waals surface area contributed by atoms with E-state index in [0.29, 0.717) is 23.0 Å². The Labute approximate surface area is 191 Å². The van der Waals surface area contributed by atoms with E-state index in [-0.39, 0.29) is 23.3 Å². The first-order valence-electron chi connectivity index (χ1n) is 9.78. The first kappa shape index (κ1) is 22.3. The second-order valence-electron chi connectivity index (χ2n) is 7.24. The summed E-state index contributed by atoms with van der Waals surface area (Å²) in [6.07, 6.45) is 0.0970. The van der Waals surface area contributed by atoms with E-state index in [1.165, 1.54) is 28.4 Å². The van der Waals surface area contributed by atoms with Crippen LogP contribution in [0.4, 0.5) is 0 Å². The number of aliphatic carboxylic acids is 1. The van der Waals surface area contributed by atoms with Gasteiger partial charge in [-0.3, -0.25) is 14.5 Å². The van der Waals surface area contributed by atoms with Gasteiger partial charge in [-0.1, -0.05) is 36.0 Å². The Balaban J connectivity index is 1.47. The molecule has 2 aliphatic rings. The summed E-state index contributed by atoms with van der Waals surface area (Å²) in [6, 6.07) is 6.59. The molecule has 13 heteroatoms. The average molecular weight is 476 g/mol. The number of H-pyrrole nitrogens is 1. The van der Waals surface area contributed by atoms with Crippen LogP contribution < -0.4 is 11.1 Å². The number of rotatable bonds is 8. The normalized spacial score (nSPS) is 21.1. The Kier molecular flexibility index (Phi) is 6.48. The highest BCUT2D eigenvalue weighted by Gasteiger charge is 2.54. The quantitative estimate of drug-likeness (QED) is 0.304. The van der Waals surface area contributed by atoms with Crippen molar-refractivity contribution in [3.05, 3.63) is 46.7 Å². The topological polar surface area (TPSA) is 167 Å². The summed E-state index contributed by atoms with van der Waals surface area (Å²) in [5.41, 5.74) is 7.95. The van der Waals surface area contributed by atoms with Crippen molar-refractivity contribution in [2.45, 2.75) is 41.7 Å². The molecule has 2 aliphatic heterocycles. The van der Waals surface area contributed by atoms with Gasteiger partial charge in [0.05, 0.1) is 6.42 Å². The van der Waals surface area contributed by atoms with Gasteiger partial charge in [0.1, 0.15) is 17.1 Å². The molecule has 0 radical (unpaired) electrons. The Hall–Kier alpha value is -2.90. The summed E-state index contributed by atoms with van der Waals surface area (Å²) >= 11 is 2.68. The smallest absolute Gasteiger partial charge is 0.352 e. The Bertz CT molecular complexity index is 1080. The maximum absolute atomic E-state index is 12.8. The van der Waals surface area contributed by atoms with E-state index in [4.69, 9.17) is 5.73 Å². The van der Waals surface area contributed by atoms with Crippen molar-refractivity contribution in [2.75, 3.05) is 5.75 Å². The van der Waals surface area contributed by atoms with E-state index < -0.39 is 23.3 Å². The number of fused-ring (bicyclic) bond motifs is 1. The van der Waals surface area contributed by atoms with Crippen LogP contribution >= 0.6 is 23.5 Å². The fourth-order valence-electron chi connectivity index (χ4n) is 3.71. The van der Waals surface area contributed by atoms with Crippen LogP contribution in [0.25, 0.3) is 0 Å². The van der Waals surface area contributed by atoms with Crippen molar-refractivity contribution < 1.29 is 19.5 Å². The van der Waals surface area contributed by atoms with E-state index in [2.05, 4.69) is 25.9 Å². The lowest BCUT2D eigenvalue weighted by atomic mass is 10.0. The molecule has 11 nitrogen and oxygen atoms in total. The number of thioether (sulfide) groups is 2. The van der Waals surface area contributed by atoms with Gasteiger partial charge >= 0.3 is 5.97 Å². The molecule has 5 N–H and O–H groups in total. The number of aromatic amines is 1. The number of hydrogen-bond acceptors (Lipinski definition) is 9. The number of amides is 2. The van der Waals surface area contributed by atoms with Crippen molar-refractivity contribution in [1.82, 2.24) is 30.8 Å². The van der Waals surface area contributed by atoms with Crippen molar-refractivity contribution in [3.8, 4) is 0 Å². The molecule has 1 aromatic carbocycles. The Morgan fingerprint density at radius 3 is 2.81 bits per heavy atom. The summed E-state index contributed by atoms with van der Waals surface area (Å²) in [5, 5.41) is 25.8. The van der Waals surface area contributed by atoms with Gasteiger partial charge in [-0.25, -0.2) is 4.79 Å². The summed E-state index contributed by atoms with van der Waals surface area (Å²) in [4.78, 5) is 38.7. The minimum absolute atomic E-state index is 0.0405. The predicted octanol–water partition coefficient (Wildman–Crippen LogP) is 0.120. The number of tetrazole rings is 1. The van der Waals surface area contributed by atoms with Gasteiger partial charge in [0.25, 0.3) is 5.91 Å². The van der Waals surface area contributed by atoms with E-state index >= 15 is 0 Å². The van der Waals surface area contributed by atoms with Gasteiger partial charge in [0.15, 0.2) is 0 Å². The van der Waals surface area contributed by atoms with Crippen LogP contribution in [-0.4, -0.2) is 70.8 Å². The van der Waals surface area contributed by atoms with Crippen LogP contribution in [0.3, 0.4) is 0 Å². The van der Waals surface area contributed by atoms with Crippen LogP contribution in [0.15, 0.2) is 40.7 Å². The molecule has 1 fully saturated rings. The summed E-state index contributed by atoms with van der Waals surface area (Å²) in [7, 11) is 0. The molecule has 32 heavy (non-hydrogen) atoms. The number of carbonyl (C=O) groups excluding carboxylic acids is 2. The number of carboxylic acids is 1. The van der Waals surface area contributed by atoms with Crippen molar-refractivity contribution in [3.63, 3.8) is 0 Å². The lowest BCUT2D eigenvalue weighted by Crippen LogP contribution is -2.70. The summed E-state index contributed by atoms with van der Waals surface area (Å²) in [6.45, 7) is 2.15. The molecule has 0 spiro atoms. The predicted molar refractivity (Wildman–Crippen MR) is 117 cm³/mol. The second-order valence-corrected chi connectivity index (χ2v) is 9.65. The number of nitrogens with one attached hydrogen (secondary N) is 2. The molecule has 1 saturated heterocycles. The lowest BCUT2D eigenvalue weighted by molar-refractivity contribution is -0.150. The van der Waals surface area contributed by atoms with E-state index in [1.54, 1.807) is 0 Å². The van der Waals surface area contributed by atoms with Gasteiger partial charge in [0, 0.05) is 17.5 Å². The number of carbonyl (C=O) groups is 3. The number of benzene rings is 1. The minimum atomic E-state index is -1.18. The molecule has 3 heterocycles. The maximum atomic E-state index is 12.8. The number of aromatic nitrogens is 4. The molecule has 4 rings (SSSR count). The highest BCUT2D eigenvalue weighted by Crippen LogP contribution is 2.43. The first-order valence-corrected chi connectivity index (χ1v) is 11.7. The number of nitrogens with two attached hydrogens (primary N) is 1. The Morgan fingerprint density at radius 2 is 2.16 bits per heavy atom. The molecular weight excluding hydrogens is 454 g/mol. The zero-order valence-electron chi connectivity index (χ0n) is 17.0. The fraction of sp³-hybridized carbons (Fsp3) is 0.368. The molecule has 2 aromatic rings. The zero-order valence-corrected chi connectivity index (χ0v) is 18.7. The average Bonchev–Trinajstić information content (AvgIpc) is 3.29. The molecule has 2 unspecified atom stereocenters. The molecule has 2 amide bonds. The van der Waals surface area contributed by atoms with Crippen molar-refractivity contribution in [2.24, 2.45) is 5.73 Å². The van der Waals surface area contributed by atoms with Crippen LogP contribution in [0.1, 0.15) is 18.1 Å². The van der Waals surface area contributed by atoms with Crippen LogP contribution in [0, 0.1) is 0 Å². The van der Waals surface area contributed by atoms with Gasteiger partial charge in [-0.05, 0) is 28.8 Å². The van der Waals surface area contributed by atoms with E-state index in [1.807, 2.05) is 31.2 Å². The molecular formula is C19H21N7O4S2. The van der Waals surface area contributed by atoms with Gasteiger partial charge < -0.3 is 16.2 Å². The highest BCUT2D eigenvalue weighted by molar-refractivity contribution is 8.01. The van der Waals surface area contributed by atoms with Crippen LogP contribution in [-0.2, 0) is 27.3 Å². The molecule has 0 aliphatic carbocycles. The molecule has 168 valence electrons. The highest BCUT2D eigenvalue weighted by atomic mass is 32.2. The number of β-lactam (4-membered cyclic amide) rings is 1. The van der Waals surface area contributed by atoms with E-state index in [0.717, 1.165) is 11.1 Å². The van der Waals surface area contributed by atoms with Gasteiger partial charge in [0.2, 0.25) is 11.1 Å². The lowest BCUT2D eigenvalue weighted by Gasteiger charge is -2.50. The SMILES string of the molecule is CC(Sc1nn[nH]n1)C1=C(C(=O)O)N2C(=O)C(NC(=O)Cc3ccccc3CN)[C@@H]2SC1. The zero-order chi connectivity index (χ0) is 22.8. The molecule has 0 saturated carbocycles. The summed E-state index contributed by atoms with van der Waals surface area (Å²) < 4.78 is 0. The molecule has 0 bridgehead atoms. The second kappa shape index (κ2) is 9.30. The third-order valence-corrected chi connectivity index (χ3v) is 7.63. The monoisotopic (exact) mass is 475 g/mol. The van der Waals surface area contributed by atoms with Crippen molar-refractivity contribution >= 4 is 41.3 Å². The van der Waals surface area contributed by atoms with Gasteiger partial charge in [-0.2, -0.15) is 5.21 Å². The maximum Gasteiger partial charge on any atom is 0.352 e. The number of nitrogens with zero attached hydrogens (tertiary/aromatic N) is 4. The standard InChI is InChI=1S/C19H21N7O4S2/c1-9(32-19-22-24-25-23-19)12-8-31-17-14(16(28)26(17)15(12)18(29)30)21-13(27)6-10-4-2-3-5-11(10)7-20/h2-5,9,14,17H,6-8,20H2,1H3,(H,21,27)(H,29,30)(H,22,23,24,25)/t9?,14?,17-/m0/s1. The third-order valence-electron chi connectivity index (χ3n) is 5.30.